The second-order valence-electron chi connectivity index (χ2n) is 7.36. The third-order valence-electron chi connectivity index (χ3n) is 5.90. The van der Waals surface area contributed by atoms with Gasteiger partial charge in [0.05, 0.1) is 0 Å². The average Bonchev–Trinajstić information content (AvgIpc) is 2.41. The van der Waals surface area contributed by atoms with Crippen molar-refractivity contribution >= 4 is 0 Å². The van der Waals surface area contributed by atoms with E-state index in [0.717, 1.165) is 6.42 Å². The molecule has 0 amide bonds. The molecule has 0 spiro atoms. The highest BCUT2D eigenvalue weighted by atomic mass is 16.3. The van der Waals surface area contributed by atoms with Gasteiger partial charge in [-0.1, -0.05) is 39.5 Å². The minimum Gasteiger partial charge on any atom is -0.396 e. The molecule has 0 heterocycles. The summed E-state index contributed by atoms with van der Waals surface area (Å²) in [4.78, 5) is 0. The Labute approximate surface area is 118 Å². The normalized spacial score (nSPS) is 39.2. The minimum absolute atomic E-state index is 0.0701. The summed E-state index contributed by atoms with van der Waals surface area (Å²) in [6, 6.07) is 0.458. The summed E-state index contributed by atoms with van der Waals surface area (Å²) in [7, 11) is 0. The van der Waals surface area contributed by atoms with Crippen LogP contribution in [0.5, 0.6) is 0 Å². The summed E-state index contributed by atoms with van der Waals surface area (Å²) < 4.78 is 0. The predicted octanol–water partition coefficient (Wildman–Crippen LogP) is 2.42. The van der Waals surface area contributed by atoms with E-state index in [1.165, 1.54) is 44.9 Å². The van der Waals surface area contributed by atoms with E-state index in [-0.39, 0.29) is 11.0 Å². The van der Waals surface area contributed by atoms with Crippen LogP contribution >= 0.6 is 0 Å². The highest BCUT2D eigenvalue weighted by Gasteiger charge is 2.47. The fourth-order valence-electron chi connectivity index (χ4n) is 4.25. The number of rotatable bonds is 4. The second kappa shape index (κ2) is 6.11. The quantitative estimate of drug-likeness (QED) is 0.734. The fourth-order valence-corrected chi connectivity index (χ4v) is 4.25. The van der Waals surface area contributed by atoms with Crippen molar-refractivity contribution in [1.29, 1.82) is 0 Å². The number of aliphatic hydroxyl groups is 1. The third-order valence-corrected chi connectivity index (χ3v) is 5.90. The van der Waals surface area contributed by atoms with E-state index in [9.17, 15) is 5.11 Å². The number of aliphatic hydroxyl groups excluding tert-OH is 1. The van der Waals surface area contributed by atoms with Crippen LogP contribution in [0.2, 0.25) is 0 Å². The maximum atomic E-state index is 9.61. The van der Waals surface area contributed by atoms with Crippen molar-refractivity contribution in [2.45, 2.75) is 76.8 Å². The van der Waals surface area contributed by atoms with Crippen LogP contribution in [0.3, 0.4) is 0 Å². The van der Waals surface area contributed by atoms with Crippen LogP contribution in [0.4, 0.5) is 0 Å². The van der Waals surface area contributed by atoms with E-state index in [4.69, 9.17) is 5.73 Å². The zero-order valence-electron chi connectivity index (χ0n) is 12.8. The topological polar surface area (TPSA) is 58.3 Å². The van der Waals surface area contributed by atoms with Gasteiger partial charge in [0.1, 0.15) is 0 Å². The first-order chi connectivity index (χ1) is 9.04. The largest absolute Gasteiger partial charge is 0.396 e. The Balaban J connectivity index is 2.12. The van der Waals surface area contributed by atoms with Gasteiger partial charge in [0.15, 0.2) is 0 Å². The lowest BCUT2D eigenvalue weighted by Crippen LogP contribution is -2.66. The monoisotopic (exact) mass is 268 g/mol. The summed E-state index contributed by atoms with van der Waals surface area (Å²) in [5, 5.41) is 13.5. The molecule has 3 atom stereocenters. The SMILES string of the molecule is CC1(C)CCCCC1(CN)NC1CCCCC1CO. The Bertz CT molecular complexity index is 292. The van der Waals surface area contributed by atoms with Crippen molar-refractivity contribution in [3.8, 4) is 0 Å². The molecule has 4 N–H and O–H groups in total. The number of nitrogens with two attached hydrogens (primary N) is 1. The molecule has 0 radical (unpaired) electrons. The van der Waals surface area contributed by atoms with Crippen molar-refractivity contribution in [3.05, 3.63) is 0 Å². The number of nitrogens with one attached hydrogen (secondary N) is 1. The number of hydrogen-bond donors (Lipinski definition) is 3. The minimum atomic E-state index is 0.0701. The van der Waals surface area contributed by atoms with E-state index in [1.54, 1.807) is 0 Å². The maximum absolute atomic E-state index is 9.61. The van der Waals surface area contributed by atoms with Crippen LogP contribution in [0.15, 0.2) is 0 Å². The molecule has 19 heavy (non-hydrogen) atoms. The Morgan fingerprint density at radius 2 is 1.79 bits per heavy atom. The molecular weight excluding hydrogens is 236 g/mol. The van der Waals surface area contributed by atoms with Crippen molar-refractivity contribution < 1.29 is 5.11 Å². The number of hydrogen-bond acceptors (Lipinski definition) is 3. The average molecular weight is 268 g/mol. The molecule has 0 saturated heterocycles. The Morgan fingerprint density at radius 1 is 1.11 bits per heavy atom. The standard InChI is InChI=1S/C16H32N2O/c1-15(2)9-5-6-10-16(15,12-17)18-14-8-4-3-7-13(14)11-19/h13-14,18-19H,3-12,17H2,1-2H3. The van der Waals surface area contributed by atoms with Gasteiger partial charge in [0, 0.05) is 24.7 Å². The van der Waals surface area contributed by atoms with Crippen molar-refractivity contribution in [1.82, 2.24) is 5.32 Å². The molecule has 0 aromatic heterocycles. The van der Waals surface area contributed by atoms with Gasteiger partial charge >= 0.3 is 0 Å². The maximum Gasteiger partial charge on any atom is 0.0474 e. The molecule has 0 aliphatic heterocycles. The summed E-state index contributed by atoms with van der Waals surface area (Å²) in [6.07, 6.45) is 9.96. The molecule has 2 aliphatic carbocycles. The molecule has 0 aromatic rings. The zero-order valence-corrected chi connectivity index (χ0v) is 12.8. The first kappa shape index (κ1) is 15.3. The van der Waals surface area contributed by atoms with E-state index < -0.39 is 0 Å². The fraction of sp³-hybridized carbons (Fsp3) is 1.00. The van der Waals surface area contributed by atoms with Gasteiger partial charge in [0.25, 0.3) is 0 Å². The van der Waals surface area contributed by atoms with Crippen LogP contribution in [0.1, 0.15) is 65.2 Å². The van der Waals surface area contributed by atoms with Gasteiger partial charge in [-0.25, -0.2) is 0 Å². The highest BCUT2D eigenvalue weighted by Crippen LogP contribution is 2.44. The van der Waals surface area contributed by atoms with Gasteiger partial charge in [-0.2, -0.15) is 0 Å². The van der Waals surface area contributed by atoms with Crippen LogP contribution in [0, 0.1) is 11.3 Å². The van der Waals surface area contributed by atoms with Crippen LogP contribution in [-0.2, 0) is 0 Å². The van der Waals surface area contributed by atoms with E-state index in [1.807, 2.05) is 0 Å². The van der Waals surface area contributed by atoms with E-state index in [0.29, 0.717) is 25.1 Å². The summed E-state index contributed by atoms with van der Waals surface area (Å²) in [5.74, 6) is 0.426. The lowest BCUT2D eigenvalue weighted by molar-refractivity contribution is 0.0328. The van der Waals surface area contributed by atoms with Crippen molar-refractivity contribution in [3.63, 3.8) is 0 Å². The van der Waals surface area contributed by atoms with Gasteiger partial charge in [-0.3, -0.25) is 0 Å². The Morgan fingerprint density at radius 3 is 2.42 bits per heavy atom. The lowest BCUT2D eigenvalue weighted by atomic mass is 9.62. The molecule has 112 valence electrons. The molecular formula is C16H32N2O. The predicted molar refractivity (Wildman–Crippen MR) is 80.0 cm³/mol. The first-order valence-corrected chi connectivity index (χ1v) is 8.13. The molecule has 2 fully saturated rings. The molecule has 3 unspecified atom stereocenters. The zero-order chi connectivity index (χ0) is 13.9. The van der Waals surface area contributed by atoms with Gasteiger partial charge in [0.2, 0.25) is 0 Å². The molecule has 0 bridgehead atoms. The lowest BCUT2D eigenvalue weighted by Gasteiger charge is -2.53. The van der Waals surface area contributed by atoms with Gasteiger partial charge < -0.3 is 16.2 Å². The summed E-state index contributed by atoms with van der Waals surface area (Å²) in [6.45, 7) is 5.76. The summed E-state index contributed by atoms with van der Waals surface area (Å²) >= 11 is 0. The van der Waals surface area contributed by atoms with Gasteiger partial charge in [-0.15, -0.1) is 0 Å². The van der Waals surface area contributed by atoms with E-state index in [2.05, 4.69) is 19.2 Å². The molecule has 3 nitrogen and oxygen atoms in total. The summed E-state index contributed by atoms with van der Waals surface area (Å²) in [5.41, 5.74) is 6.52. The van der Waals surface area contributed by atoms with Crippen LogP contribution in [-0.4, -0.2) is 29.8 Å². The van der Waals surface area contributed by atoms with E-state index >= 15 is 0 Å². The highest BCUT2D eigenvalue weighted by molar-refractivity contribution is 5.05. The molecule has 2 rings (SSSR count). The van der Waals surface area contributed by atoms with Crippen molar-refractivity contribution in [2.75, 3.05) is 13.2 Å². The molecule has 0 aromatic carbocycles. The van der Waals surface area contributed by atoms with Crippen LogP contribution < -0.4 is 11.1 Å². The van der Waals surface area contributed by atoms with Crippen molar-refractivity contribution in [2.24, 2.45) is 17.1 Å². The first-order valence-electron chi connectivity index (χ1n) is 8.13. The Kier molecular flexibility index (Phi) is 4.91. The second-order valence-corrected chi connectivity index (χ2v) is 7.36. The smallest absolute Gasteiger partial charge is 0.0474 e. The molecule has 2 saturated carbocycles. The van der Waals surface area contributed by atoms with Gasteiger partial charge in [-0.05, 0) is 37.0 Å². The molecule has 3 heteroatoms. The molecule has 2 aliphatic rings. The Hall–Kier alpha value is -0.120. The van der Waals surface area contributed by atoms with Crippen LogP contribution in [0.25, 0.3) is 0 Å². The third kappa shape index (κ3) is 2.98.